The molecule has 3 N–H and O–H groups in total. The van der Waals surface area contributed by atoms with Crippen LogP contribution in [0.1, 0.15) is 29.2 Å². The Kier molecular flexibility index (Phi) is 3.27. The van der Waals surface area contributed by atoms with Gasteiger partial charge in [-0.05, 0) is 31.2 Å². The van der Waals surface area contributed by atoms with E-state index >= 15 is 0 Å². The molecule has 2 aromatic heterocycles. The quantitative estimate of drug-likeness (QED) is 0.766. The summed E-state index contributed by atoms with van der Waals surface area (Å²) in [6.45, 7) is 1.96. The zero-order chi connectivity index (χ0) is 14.8. The molecule has 3 aromatic rings. The van der Waals surface area contributed by atoms with Crippen molar-refractivity contribution in [2.24, 2.45) is 5.73 Å². The number of aromatic nitrogens is 2. The molecular formula is C15H14N4O2. The highest BCUT2D eigenvalue weighted by Gasteiger charge is 2.12. The Bertz CT molecular complexity index is 747. The average molecular weight is 282 g/mol. The summed E-state index contributed by atoms with van der Waals surface area (Å²) in [4.78, 5) is 10.9. The van der Waals surface area contributed by atoms with Gasteiger partial charge in [-0.15, -0.1) is 10.2 Å². The zero-order valence-corrected chi connectivity index (χ0v) is 11.4. The van der Waals surface area contributed by atoms with Crippen LogP contribution in [-0.2, 0) is 0 Å². The molecule has 0 unspecified atom stereocenters. The minimum absolute atomic E-state index is 0.0777. The highest BCUT2D eigenvalue weighted by atomic mass is 16.3. The summed E-state index contributed by atoms with van der Waals surface area (Å²) in [5, 5.41) is 11.9. The molecule has 0 aliphatic heterocycles. The number of para-hydroxylation sites is 1. The molecule has 3 rings (SSSR count). The number of carbonyl (C=O) groups excluding carboxylic acids is 1. The lowest BCUT2D eigenvalue weighted by Crippen LogP contribution is -2.15. The van der Waals surface area contributed by atoms with Crippen LogP contribution in [0.15, 0.2) is 46.9 Å². The molecular weight excluding hydrogens is 268 g/mol. The smallest absolute Gasteiger partial charge is 0.269 e. The summed E-state index contributed by atoms with van der Waals surface area (Å²) in [5.41, 5.74) is 6.10. The number of primary amides is 1. The Morgan fingerprint density at radius 3 is 2.71 bits per heavy atom. The van der Waals surface area contributed by atoms with Crippen molar-refractivity contribution in [1.29, 1.82) is 0 Å². The van der Waals surface area contributed by atoms with Gasteiger partial charge in [-0.3, -0.25) is 4.79 Å². The number of nitrogens with one attached hydrogen (secondary N) is 1. The third kappa shape index (κ3) is 2.69. The molecule has 6 nitrogen and oxygen atoms in total. The van der Waals surface area contributed by atoms with Crippen LogP contribution in [0.25, 0.3) is 11.0 Å². The number of nitrogens with two attached hydrogens (primary N) is 1. The van der Waals surface area contributed by atoms with Crippen molar-refractivity contribution >= 4 is 22.7 Å². The number of carbonyl (C=O) groups is 1. The molecule has 21 heavy (non-hydrogen) atoms. The molecule has 0 fully saturated rings. The van der Waals surface area contributed by atoms with Crippen molar-refractivity contribution in [1.82, 2.24) is 10.2 Å². The van der Waals surface area contributed by atoms with Gasteiger partial charge in [-0.25, -0.2) is 0 Å². The van der Waals surface area contributed by atoms with Crippen LogP contribution >= 0.6 is 0 Å². The number of benzene rings is 1. The molecule has 106 valence electrons. The van der Waals surface area contributed by atoms with Crippen LogP contribution < -0.4 is 11.1 Å². The van der Waals surface area contributed by atoms with Crippen LogP contribution in [0.4, 0.5) is 5.82 Å². The first-order valence-corrected chi connectivity index (χ1v) is 6.52. The highest BCUT2D eigenvalue weighted by molar-refractivity contribution is 5.90. The fraction of sp³-hybridized carbons (Fsp3) is 0.133. The second-order valence-electron chi connectivity index (χ2n) is 4.72. The van der Waals surface area contributed by atoms with Crippen molar-refractivity contribution in [2.75, 3.05) is 5.32 Å². The Balaban J connectivity index is 1.78. The van der Waals surface area contributed by atoms with Gasteiger partial charge in [-0.2, -0.15) is 0 Å². The summed E-state index contributed by atoms with van der Waals surface area (Å²) < 4.78 is 5.78. The van der Waals surface area contributed by atoms with Crippen LogP contribution in [0.5, 0.6) is 0 Å². The summed E-state index contributed by atoms with van der Waals surface area (Å²) in [5.74, 6) is 0.754. The number of nitrogens with zero attached hydrogens (tertiary/aromatic N) is 2. The minimum atomic E-state index is -0.598. The summed E-state index contributed by atoms with van der Waals surface area (Å²) in [7, 11) is 0. The fourth-order valence-corrected chi connectivity index (χ4v) is 2.05. The lowest BCUT2D eigenvalue weighted by Gasteiger charge is -2.11. The van der Waals surface area contributed by atoms with Crippen molar-refractivity contribution in [3.05, 3.63) is 53.9 Å². The Morgan fingerprint density at radius 2 is 2.05 bits per heavy atom. The third-order valence-corrected chi connectivity index (χ3v) is 3.15. The Labute approximate surface area is 121 Å². The first kappa shape index (κ1) is 13.1. The van der Waals surface area contributed by atoms with Gasteiger partial charge >= 0.3 is 0 Å². The number of amides is 1. The van der Waals surface area contributed by atoms with E-state index in [4.69, 9.17) is 10.2 Å². The van der Waals surface area contributed by atoms with Crippen molar-refractivity contribution in [2.45, 2.75) is 13.0 Å². The van der Waals surface area contributed by atoms with E-state index in [1.807, 2.05) is 37.3 Å². The summed E-state index contributed by atoms with van der Waals surface area (Å²) >= 11 is 0. The van der Waals surface area contributed by atoms with Crippen LogP contribution in [0, 0.1) is 0 Å². The number of anilines is 1. The monoisotopic (exact) mass is 282 g/mol. The summed E-state index contributed by atoms with van der Waals surface area (Å²) in [6, 6.07) is 12.9. The molecule has 0 saturated carbocycles. The minimum Gasteiger partial charge on any atom is -0.459 e. The molecule has 0 aliphatic carbocycles. The number of rotatable bonds is 4. The zero-order valence-electron chi connectivity index (χ0n) is 11.4. The standard InChI is InChI=1S/C15H14N4O2/c1-9(13-8-10-4-2-3-5-12(10)21-13)17-14-7-6-11(15(16)20)18-19-14/h2-9H,1H3,(H2,16,20)(H,17,19)/t9-/m1/s1. The highest BCUT2D eigenvalue weighted by Crippen LogP contribution is 2.25. The molecule has 0 radical (unpaired) electrons. The van der Waals surface area contributed by atoms with E-state index in [1.54, 1.807) is 6.07 Å². The van der Waals surface area contributed by atoms with Gasteiger partial charge in [0.1, 0.15) is 17.2 Å². The lowest BCUT2D eigenvalue weighted by molar-refractivity contribution is 0.0994. The van der Waals surface area contributed by atoms with Gasteiger partial charge in [-0.1, -0.05) is 18.2 Å². The molecule has 0 bridgehead atoms. The van der Waals surface area contributed by atoms with E-state index in [2.05, 4.69) is 15.5 Å². The summed E-state index contributed by atoms with van der Waals surface area (Å²) in [6.07, 6.45) is 0. The van der Waals surface area contributed by atoms with Gasteiger partial charge in [0.2, 0.25) is 0 Å². The van der Waals surface area contributed by atoms with Gasteiger partial charge < -0.3 is 15.5 Å². The second kappa shape index (κ2) is 5.24. The predicted molar refractivity (Wildman–Crippen MR) is 78.8 cm³/mol. The molecule has 0 saturated heterocycles. The van der Waals surface area contributed by atoms with E-state index in [0.29, 0.717) is 5.82 Å². The lowest BCUT2D eigenvalue weighted by atomic mass is 10.2. The fourth-order valence-electron chi connectivity index (χ4n) is 2.05. The second-order valence-corrected chi connectivity index (χ2v) is 4.72. The largest absolute Gasteiger partial charge is 0.459 e. The molecule has 1 amide bonds. The Hall–Kier alpha value is -2.89. The maximum absolute atomic E-state index is 10.9. The molecule has 1 aromatic carbocycles. The molecule has 6 heteroatoms. The number of fused-ring (bicyclic) bond motifs is 1. The van der Waals surface area contributed by atoms with Gasteiger partial charge in [0.25, 0.3) is 5.91 Å². The molecule has 1 atom stereocenters. The average Bonchev–Trinajstić information content (AvgIpc) is 2.92. The topological polar surface area (TPSA) is 94.0 Å². The SMILES string of the molecule is C[C@@H](Nc1ccc(C(N)=O)nn1)c1cc2ccccc2o1. The predicted octanol–water partition coefficient (Wildman–Crippen LogP) is 2.49. The molecule has 0 aliphatic rings. The van der Waals surface area contributed by atoms with Gasteiger partial charge in [0.15, 0.2) is 5.69 Å². The van der Waals surface area contributed by atoms with Crippen LogP contribution in [0.2, 0.25) is 0 Å². The van der Waals surface area contributed by atoms with Gasteiger partial charge in [0.05, 0.1) is 6.04 Å². The maximum atomic E-state index is 10.9. The van der Waals surface area contributed by atoms with Crippen molar-refractivity contribution < 1.29 is 9.21 Å². The third-order valence-electron chi connectivity index (χ3n) is 3.15. The first-order valence-electron chi connectivity index (χ1n) is 6.52. The van der Waals surface area contributed by atoms with E-state index in [0.717, 1.165) is 16.7 Å². The first-order chi connectivity index (χ1) is 10.1. The maximum Gasteiger partial charge on any atom is 0.269 e. The number of hydrogen-bond acceptors (Lipinski definition) is 5. The van der Waals surface area contributed by atoms with Gasteiger partial charge in [0, 0.05) is 5.39 Å². The van der Waals surface area contributed by atoms with Crippen LogP contribution in [0.3, 0.4) is 0 Å². The molecule has 2 heterocycles. The Morgan fingerprint density at radius 1 is 1.24 bits per heavy atom. The number of furan rings is 1. The normalized spacial score (nSPS) is 12.2. The van der Waals surface area contributed by atoms with Crippen molar-refractivity contribution in [3.63, 3.8) is 0 Å². The number of hydrogen-bond donors (Lipinski definition) is 2. The van der Waals surface area contributed by atoms with E-state index < -0.39 is 5.91 Å². The van der Waals surface area contributed by atoms with E-state index in [1.165, 1.54) is 6.07 Å². The van der Waals surface area contributed by atoms with E-state index in [9.17, 15) is 4.79 Å². The molecule has 0 spiro atoms. The van der Waals surface area contributed by atoms with Crippen LogP contribution in [-0.4, -0.2) is 16.1 Å². The van der Waals surface area contributed by atoms with Crippen molar-refractivity contribution in [3.8, 4) is 0 Å². The van der Waals surface area contributed by atoms with E-state index in [-0.39, 0.29) is 11.7 Å².